The lowest BCUT2D eigenvalue weighted by Gasteiger charge is -2.42. The fraction of sp³-hybridized carbons (Fsp3) is 0.600. The molecule has 3 aliphatic carbocycles. The molecule has 1 saturated heterocycles. The number of allylic oxidation sites excluding steroid dienone is 2. The molecule has 0 aromatic heterocycles. The maximum atomic E-state index is 12.5. The molecule has 1 fully saturated rings. The molecule has 0 aromatic rings. The molecule has 1 heterocycles. The van der Waals surface area contributed by atoms with Gasteiger partial charge in [0.15, 0.2) is 0 Å². The van der Waals surface area contributed by atoms with Crippen LogP contribution >= 0.6 is 0 Å². The molecule has 1 spiro atoms. The summed E-state index contributed by atoms with van der Waals surface area (Å²) in [4.78, 5) is 25.9. The van der Waals surface area contributed by atoms with Gasteiger partial charge in [0.1, 0.15) is 0 Å². The van der Waals surface area contributed by atoms with E-state index in [2.05, 4.69) is 31.8 Å². The summed E-state index contributed by atoms with van der Waals surface area (Å²) in [5.41, 5.74) is 0.115. The molecule has 1 aliphatic heterocycles. The highest BCUT2D eigenvalue weighted by Crippen LogP contribution is 2.54. The lowest BCUT2D eigenvalue weighted by Crippen LogP contribution is -2.42. The van der Waals surface area contributed by atoms with Gasteiger partial charge in [-0.05, 0) is 18.3 Å². The molecule has 4 heteroatoms. The molecule has 0 radical (unpaired) electrons. The highest BCUT2D eigenvalue weighted by molar-refractivity contribution is 6.76. The third kappa shape index (κ3) is 1.69. The molecule has 0 unspecified atom stereocenters. The Morgan fingerprint density at radius 1 is 1.37 bits per heavy atom. The number of carbonyl (C=O) groups is 2. The SMILES string of the molecule is CN1C(=O)C2=C[C@@H]3C=C[C@]2(C[C@H]3C[Si](C)(C)C)C1=O. The van der Waals surface area contributed by atoms with Gasteiger partial charge < -0.3 is 0 Å². The first-order valence-corrected chi connectivity index (χ1v) is 10.7. The third-order valence-corrected chi connectivity index (χ3v) is 6.42. The molecule has 4 aliphatic rings. The number of carbonyl (C=O) groups excluding carboxylic acids is 2. The van der Waals surface area contributed by atoms with E-state index in [1.165, 1.54) is 10.9 Å². The summed E-state index contributed by atoms with van der Waals surface area (Å²) in [5.74, 6) is 0.764. The van der Waals surface area contributed by atoms with Gasteiger partial charge >= 0.3 is 0 Å². The number of likely N-dealkylation sites (N-methyl/N-ethyl adjacent to an activating group) is 1. The van der Waals surface area contributed by atoms with Crippen molar-refractivity contribution in [3.8, 4) is 0 Å². The molecule has 19 heavy (non-hydrogen) atoms. The van der Waals surface area contributed by atoms with Gasteiger partial charge in [-0.3, -0.25) is 14.5 Å². The van der Waals surface area contributed by atoms with E-state index in [4.69, 9.17) is 0 Å². The van der Waals surface area contributed by atoms with E-state index in [0.29, 0.717) is 11.8 Å². The van der Waals surface area contributed by atoms with Crippen LogP contribution < -0.4 is 0 Å². The van der Waals surface area contributed by atoms with Gasteiger partial charge in [0.25, 0.3) is 5.91 Å². The van der Waals surface area contributed by atoms with Gasteiger partial charge in [-0.1, -0.05) is 43.9 Å². The molecule has 3 atom stereocenters. The van der Waals surface area contributed by atoms with Gasteiger partial charge in [0.05, 0.1) is 5.41 Å². The Kier molecular flexibility index (Phi) is 2.49. The van der Waals surface area contributed by atoms with Crippen molar-refractivity contribution in [1.29, 1.82) is 0 Å². The second kappa shape index (κ2) is 3.69. The second-order valence-electron chi connectivity index (χ2n) is 7.39. The van der Waals surface area contributed by atoms with Crippen molar-refractivity contribution in [1.82, 2.24) is 4.90 Å². The first kappa shape index (κ1) is 12.8. The average Bonchev–Trinajstić information content (AvgIpc) is 2.51. The van der Waals surface area contributed by atoms with Gasteiger partial charge in [0.2, 0.25) is 5.91 Å². The Balaban J connectivity index is 1.99. The zero-order valence-electron chi connectivity index (χ0n) is 12.1. The summed E-state index contributed by atoms with van der Waals surface area (Å²) in [7, 11) is 0.446. The molecule has 4 rings (SSSR count). The summed E-state index contributed by atoms with van der Waals surface area (Å²) in [6, 6.07) is 1.22. The van der Waals surface area contributed by atoms with Crippen LogP contribution in [0.5, 0.6) is 0 Å². The van der Waals surface area contributed by atoms with Crippen molar-refractivity contribution in [2.75, 3.05) is 7.05 Å². The minimum atomic E-state index is -1.16. The molecular formula is C15H21NO2Si. The van der Waals surface area contributed by atoms with Crippen LogP contribution in [0.4, 0.5) is 0 Å². The number of hydrogen-bond acceptors (Lipinski definition) is 2. The minimum Gasteiger partial charge on any atom is -0.281 e. The molecule has 102 valence electrons. The van der Waals surface area contributed by atoms with Crippen LogP contribution in [-0.2, 0) is 9.59 Å². The van der Waals surface area contributed by atoms with E-state index < -0.39 is 13.5 Å². The molecule has 0 N–H and O–H groups in total. The van der Waals surface area contributed by atoms with Crippen molar-refractivity contribution >= 4 is 19.9 Å². The van der Waals surface area contributed by atoms with Crippen LogP contribution in [0.15, 0.2) is 23.8 Å². The van der Waals surface area contributed by atoms with Gasteiger partial charge in [0, 0.05) is 20.7 Å². The molecular weight excluding hydrogens is 254 g/mol. The van der Waals surface area contributed by atoms with Crippen molar-refractivity contribution < 1.29 is 9.59 Å². The standard InChI is InChI=1S/C15H21NO2Si/c1-16-13(17)12-7-10-5-6-15(12,14(16)18)8-11(10)9-19(2,3)4/h5-7,10-11H,8-9H2,1-4H3/t10-,11-,15+/m0/s1. The molecule has 0 aromatic carbocycles. The van der Waals surface area contributed by atoms with Crippen LogP contribution in [0.3, 0.4) is 0 Å². The van der Waals surface area contributed by atoms with Crippen LogP contribution in [0.25, 0.3) is 0 Å². The predicted molar refractivity (Wildman–Crippen MR) is 77.2 cm³/mol. The van der Waals surface area contributed by atoms with E-state index in [1.807, 2.05) is 6.08 Å². The van der Waals surface area contributed by atoms with E-state index in [9.17, 15) is 9.59 Å². The largest absolute Gasteiger partial charge is 0.281 e. The van der Waals surface area contributed by atoms with Gasteiger partial charge in [-0.15, -0.1) is 0 Å². The fourth-order valence-corrected chi connectivity index (χ4v) is 5.88. The lowest BCUT2D eigenvalue weighted by molar-refractivity contribution is -0.139. The number of hydrogen-bond donors (Lipinski definition) is 0. The fourth-order valence-electron chi connectivity index (χ4n) is 3.89. The highest BCUT2D eigenvalue weighted by atomic mass is 28.3. The summed E-state index contributed by atoms with van der Waals surface area (Å²) >= 11 is 0. The summed E-state index contributed by atoms with van der Waals surface area (Å²) in [6.07, 6.45) is 7.05. The lowest BCUT2D eigenvalue weighted by atomic mass is 9.62. The normalized spacial score (nSPS) is 36.8. The molecule has 3 nitrogen and oxygen atoms in total. The number of nitrogens with zero attached hydrogens (tertiary/aromatic N) is 1. The first-order valence-electron chi connectivity index (χ1n) is 6.99. The average molecular weight is 275 g/mol. The van der Waals surface area contributed by atoms with E-state index in [-0.39, 0.29) is 11.8 Å². The Hall–Kier alpha value is -1.16. The number of fused-ring (bicyclic) bond motifs is 1. The number of imide groups is 1. The van der Waals surface area contributed by atoms with Crippen molar-refractivity contribution in [2.45, 2.75) is 32.1 Å². The Morgan fingerprint density at radius 3 is 2.68 bits per heavy atom. The smallest absolute Gasteiger partial charge is 0.257 e. The van der Waals surface area contributed by atoms with Crippen molar-refractivity contribution in [3.05, 3.63) is 23.8 Å². The second-order valence-corrected chi connectivity index (χ2v) is 12.9. The van der Waals surface area contributed by atoms with Crippen LogP contribution in [0.1, 0.15) is 6.42 Å². The summed E-state index contributed by atoms with van der Waals surface area (Å²) in [6.45, 7) is 7.11. The van der Waals surface area contributed by atoms with E-state index >= 15 is 0 Å². The molecule has 2 amide bonds. The zero-order chi connectivity index (χ0) is 14.0. The highest BCUT2D eigenvalue weighted by Gasteiger charge is 2.58. The third-order valence-electron chi connectivity index (χ3n) is 4.67. The Labute approximate surface area is 115 Å². The Morgan fingerprint density at radius 2 is 2.05 bits per heavy atom. The van der Waals surface area contributed by atoms with Crippen LogP contribution in [-0.4, -0.2) is 31.8 Å². The molecule has 2 bridgehead atoms. The van der Waals surface area contributed by atoms with Crippen molar-refractivity contribution in [2.24, 2.45) is 17.3 Å². The first-order chi connectivity index (χ1) is 8.74. The summed E-state index contributed by atoms with van der Waals surface area (Å²) < 4.78 is 0. The number of rotatable bonds is 2. The van der Waals surface area contributed by atoms with E-state index in [1.54, 1.807) is 7.05 Å². The Bertz CT molecular complexity index is 529. The maximum Gasteiger partial charge on any atom is 0.257 e. The monoisotopic (exact) mass is 275 g/mol. The van der Waals surface area contributed by atoms with Crippen LogP contribution in [0, 0.1) is 17.3 Å². The number of amides is 2. The van der Waals surface area contributed by atoms with Crippen LogP contribution in [0.2, 0.25) is 25.7 Å². The summed E-state index contributed by atoms with van der Waals surface area (Å²) in [5, 5.41) is 0. The van der Waals surface area contributed by atoms with Crippen molar-refractivity contribution in [3.63, 3.8) is 0 Å². The van der Waals surface area contributed by atoms with E-state index in [0.717, 1.165) is 12.0 Å². The minimum absolute atomic E-state index is 0.0290. The predicted octanol–water partition coefficient (Wildman–Crippen LogP) is 2.44. The quantitative estimate of drug-likeness (QED) is 0.441. The van der Waals surface area contributed by atoms with Gasteiger partial charge in [-0.2, -0.15) is 0 Å². The maximum absolute atomic E-state index is 12.5. The zero-order valence-corrected chi connectivity index (χ0v) is 13.1. The van der Waals surface area contributed by atoms with Gasteiger partial charge in [-0.25, -0.2) is 0 Å². The number of likely N-dealkylation sites (tertiary alicyclic amines) is 1. The molecule has 0 saturated carbocycles. The topological polar surface area (TPSA) is 37.4 Å².